The minimum atomic E-state index is -0.279. The van der Waals surface area contributed by atoms with Gasteiger partial charge in [-0.05, 0) is 19.9 Å². The van der Waals surface area contributed by atoms with Crippen LogP contribution < -0.4 is 4.90 Å². The van der Waals surface area contributed by atoms with E-state index in [0.717, 1.165) is 37.8 Å². The first kappa shape index (κ1) is 14.3. The maximum atomic E-state index is 11.4. The fourth-order valence-corrected chi connectivity index (χ4v) is 2.16. The van der Waals surface area contributed by atoms with Crippen LogP contribution in [0.5, 0.6) is 0 Å². The van der Waals surface area contributed by atoms with Gasteiger partial charge < -0.3 is 14.5 Å². The summed E-state index contributed by atoms with van der Waals surface area (Å²) < 4.78 is 4.92. The van der Waals surface area contributed by atoms with Gasteiger partial charge in [-0.3, -0.25) is 0 Å². The van der Waals surface area contributed by atoms with Crippen molar-refractivity contribution >= 4 is 11.9 Å². The lowest BCUT2D eigenvalue weighted by molar-refractivity contribution is -0.137. The lowest BCUT2D eigenvalue weighted by Crippen LogP contribution is -2.46. The van der Waals surface area contributed by atoms with Gasteiger partial charge in [0.05, 0.1) is 6.61 Å². The molecule has 6 heteroatoms. The Labute approximate surface area is 119 Å². The second kappa shape index (κ2) is 6.88. The van der Waals surface area contributed by atoms with Gasteiger partial charge in [0, 0.05) is 50.3 Å². The van der Waals surface area contributed by atoms with Gasteiger partial charge in [0.2, 0.25) is 5.95 Å². The van der Waals surface area contributed by atoms with E-state index in [2.05, 4.69) is 19.8 Å². The first-order valence-electron chi connectivity index (χ1n) is 6.82. The summed E-state index contributed by atoms with van der Waals surface area (Å²) in [6.45, 7) is 7.53. The third-order valence-corrected chi connectivity index (χ3v) is 3.23. The first-order chi connectivity index (χ1) is 9.70. The highest BCUT2D eigenvalue weighted by molar-refractivity contribution is 5.82. The van der Waals surface area contributed by atoms with Gasteiger partial charge in [0.1, 0.15) is 0 Å². The molecule has 2 heterocycles. The zero-order valence-corrected chi connectivity index (χ0v) is 12.0. The molecule has 1 saturated heterocycles. The molecule has 0 radical (unpaired) electrons. The SMILES string of the molecule is CCOC(=O)/C=C(/C)N1CCN(c2ncccn2)CC1. The van der Waals surface area contributed by atoms with E-state index in [1.807, 2.05) is 13.0 Å². The molecule has 1 aromatic rings. The van der Waals surface area contributed by atoms with Crippen molar-refractivity contribution in [3.63, 3.8) is 0 Å². The van der Waals surface area contributed by atoms with Gasteiger partial charge in [0.15, 0.2) is 0 Å². The minimum Gasteiger partial charge on any atom is -0.463 e. The van der Waals surface area contributed by atoms with Gasteiger partial charge in [-0.1, -0.05) is 0 Å². The van der Waals surface area contributed by atoms with Crippen LogP contribution in [0.3, 0.4) is 0 Å². The summed E-state index contributed by atoms with van der Waals surface area (Å²) >= 11 is 0. The van der Waals surface area contributed by atoms with E-state index in [4.69, 9.17) is 4.74 Å². The zero-order chi connectivity index (χ0) is 14.4. The Balaban J connectivity index is 1.89. The third-order valence-electron chi connectivity index (χ3n) is 3.23. The molecule has 0 saturated carbocycles. The average Bonchev–Trinajstić information content (AvgIpc) is 2.48. The molecular formula is C14H20N4O2. The summed E-state index contributed by atoms with van der Waals surface area (Å²) in [4.78, 5) is 24.3. The van der Waals surface area contributed by atoms with Crippen LogP contribution in [0.1, 0.15) is 13.8 Å². The lowest BCUT2D eigenvalue weighted by atomic mass is 10.3. The molecule has 0 aliphatic carbocycles. The second-order valence-corrected chi connectivity index (χ2v) is 4.56. The van der Waals surface area contributed by atoms with Crippen LogP contribution in [-0.2, 0) is 9.53 Å². The molecule has 0 atom stereocenters. The van der Waals surface area contributed by atoms with Gasteiger partial charge in [0.25, 0.3) is 0 Å². The van der Waals surface area contributed by atoms with Crippen molar-refractivity contribution in [2.24, 2.45) is 0 Å². The molecule has 1 fully saturated rings. The first-order valence-corrected chi connectivity index (χ1v) is 6.82. The van der Waals surface area contributed by atoms with E-state index >= 15 is 0 Å². The summed E-state index contributed by atoms with van der Waals surface area (Å²) in [5, 5.41) is 0. The number of piperazine rings is 1. The Morgan fingerprint density at radius 3 is 2.55 bits per heavy atom. The number of esters is 1. The van der Waals surface area contributed by atoms with Crippen LogP contribution in [0.25, 0.3) is 0 Å². The van der Waals surface area contributed by atoms with Crippen LogP contribution in [0.15, 0.2) is 30.2 Å². The fraction of sp³-hybridized carbons (Fsp3) is 0.500. The van der Waals surface area contributed by atoms with Crippen molar-refractivity contribution in [1.29, 1.82) is 0 Å². The van der Waals surface area contributed by atoms with Crippen molar-refractivity contribution in [3.8, 4) is 0 Å². The molecule has 0 N–H and O–H groups in total. The predicted molar refractivity (Wildman–Crippen MR) is 76.2 cm³/mol. The third kappa shape index (κ3) is 3.69. The summed E-state index contributed by atoms with van der Waals surface area (Å²) in [5.41, 5.74) is 0.942. The Morgan fingerprint density at radius 1 is 1.30 bits per heavy atom. The highest BCUT2D eigenvalue weighted by atomic mass is 16.5. The van der Waals surface area contributed by atoms with Crippen molar-refractivity contribution in [2.75, 3.05) is 37.7 Å². The molecule has 0 unspecified atom stereocenters. The molecule has 2 rings (SSSR count). The smallest absolute Gasteiger partial charge is 0.332 e. The highest BCUT2D eigenvalue weighted by Crippen LogP contribution is 2.13. The standard InChI is InChI=1S/C14H20N4O2/c1-3-20-13(19)11-12(2)17-7-9-18(10-8-17)14-15-5-4-6-16-14/h4-6,11H,3,7-10H2,1-2H3/b12-11-. The van der Waals surface area contributed by atoms with Crippen LogP contribution in [0, 0.1) is 0 Å². The van der Waals surface area contributed by atoms with Crippen LogP contribution >= 0.6 is 0 Å². The Morgan fingerprint density at radius 2 is 1.95 bits per heavy atom. The molecule has 1 aromatic heterocycles. The monoisotopic (exact) mass is 276 g/mol. The van der Waals surface area contributed by atoms with Crippen LogP contribution in [-0.4, -0.2) is 53.6 Å². The number of aromatic nitrogens is 2. The largest absolute Gasteiger partial charge is 0.463 e. The van der Waals surface area contributed by atoms with Gasteiger partial charge in [-0.15, -0.1) is 0 Å². The topological polar surface area (TPSA) is 58.6 Å². The summed E-state index contributed by atoms with van der Waals surface area (Å²) in [7, 11) is 0. The van der Waals surface area contributed by atoms with Crippen LogP contribution in [0.4, 0.5) is 5.95 Å². The molecule has 1 aliphatic rings. The highest BCUT2D eigenvalue weighted by Gasteiger charge is 2.19. The number of nitrogens with zero attached hydrogens (tertiary/aromatic N) is 4. The molecule has 108 valence electrons. The van der Waals surface area contributed by atoms with Crippen molar-refractivity contribution in [1.82, 2.24) is 14.9 Å². The van der Waals surface area contributed by atoms with Gasteiger partial charge in [-0.25, -0.2) is 14.8 Å². The van der Waals surface area contributed by atoms with E-state index in [1.165, 1.54) is 0 Å². The van der Waals surface area contributed by atoms with E-state index in [9.17, 15) is 4.79 Å². The normalized spacial score (nSPS) is 16.2. The number of carbonyl (C=O) groups excluding carboxylic acids is 1. The molecule has 20 heavy (non-hydrogen) atoms. The minimum absolute atomic E-state index is 0.279. The summed E-state index contributed by atoms with van der Waals surface area (Å²) in [6.07, 6.45) is 5.05. The zero-order valence-electron chi connectivity index (χ0n) is 12.0. The van der Waals surface area contributed by atoms with Crippen LogP contribution in [0.2, 0.25) is 0 Å². The fourth-order valence-electron chi connectivity index (χ4n) is 2.16. The Kier molecular flexibility index (Phi) is 4.92. The average molecular weight is 276 g/mol. The molecular weight excluding hydrogens is 256 g/mol. The molecule has 0 amide bonds. The van der Waals surface area contributed by atoms with E-state index in [1.54, 1.807) is 25.4 Å². The molecule has 0 aromatic carbocycles. The number of carbonyl (C=O) groups is 1. The molecule has 0 spiro atoms. The van der Waals surface area contributed by atoms with E-state index in [0.29, 0.717) is 6.61 Å². The maximum absolute atomic E-state index is 11.4. The summed E-state index contributed by atoms with van der Waals surface area (Å²) in [5.74, 6) is 0.484. The van der Waals surface area contributed by atoms with Crippen molar-refractivity contribution in [3.05, 3.63) is 30.2 Å². The maximum Gasteiger partial charge on any atom is 0.332 e. The number of hydrogen-bond acceptors (Lipinski definition) is 6. The number of ether oxygens (including phenoxy) is 1. The van der Waals surface area contributed by atoms with Gasteiger partial charge >= 0.3 is 5.97 Å². The number of hydrogen-bond donors (Lipinski definition) is 0. The van der Waals surface area contributed by atoms with Gasteiger partial charge in [-0.2, -0.15) is 0 Å². The number of allylic oxidation sites excluding steroid dienone is 1. The number of rotatable bonds is 4. The quantitative estimate of drug-likeness (QED) is 0.605. The predicted octanol–water partition coefficient (Wildman–Crippen LogP) is 1.07. The van der Waals surface area contributed by atoms with Crippen molar-refractivity contribution < 1.29 is 9.53 Å². The molecule has 1 aliphatic heterocycles. The van der Waals surface area contributed by atoms with E-state index < -0.39 is 0 Å². The number of anilines is 1. The molecule has 6 nitrogen and oxygen atoms in total. The Bertz CT molecular complexity index is 467. The van der Waals surface area contributed by atoms with E-state index in [-0.39, 0.29) is 5.97 Å². The second-order valence-electron chi connectivity index (χ2n) is 4.56. The Hall–Kier alpha value is -2.11. The van der Waals surface area contributed by atoms with Crippen molar-refractivity contribution in [2.45, 2.75) is 13.8 Å². The molecule has 0 bridgehead atoms. The summed E-state index contributed by atoms with van der Waals surface area (Å²) in [6, 6.07) is 1.81. The lowest BCUT2D eigenvalue weighted by Gasteiger charge is -2.36.